The summed E-state index contributed by atoms with van der Waals surface area (Å²) >= 11 is 0. The number of unbranched alkanes of at least 4 members (excludes halogenated alkanes) is 1. The average Bonchev–Trinajstić information content (AvgIpc) is 2.71. The zero-order valence-corrected chi connectivity index (χ0v) is 17.6. The van der Waals surface area contributed by atoms with Crippen molar-refractivity contribution < 1.29 is 58.2 Å². The molecule has 0 aliphatic carbocycles. The van der Waals surface area contributed by atoms with Gasteiger partial charge in [-0.15, -0.1) is 0 Å². The molecule has 0 spiro atoms. The summed E-state index contributed by atoms with van der Waals surface area (Å²) in [4.78, 5) is 55.0. The van der Waals surface area contributed by atoms with Crippen LogP contribution in [0, 0.1) is 0 Å². The van der Waals surface area contributed by atoms with Gasteiger partial charge in [0.1, 0.15) is 32.5 Å². The highest BCUT2D eigenvalue weighted by Crippen LogP contribution is 2.01. The highest BCUT2D eigenvalue weighted by Gasteiger charge is 2.19. The first-order valence-corrected chi connectivity index (χ1v) is 9.75. The van der Waals surface area contributed by atoms with Gasteiger partial charge < -0.3 is 44.9 Å². The molecule has 0 heterocycles. The molecule has 0 bridgehead atoms. The molecule has 0 radical (unpaired) electrons. The van der Waals surface area contributed by atoms with Crippen LogP contribution in [0.5, 0.6) is 0 Å². The highest BCUT2D eigenvalue weighted by molar-refractivity contribution is 5.84. The Hall–Kier alpha value is -2.81. The predicted octanol–water partition coefficient (Wildman–Crippen LogP) is -1.92. The molecule has 0 aromatic heterocycles. The van der Waals surface area contributed by atoms with Crippen molar-refractivity contribution in [2.24, 2.45) is 0 Å². The molecule has 1 atom stereocenters. The topological polar surface area (TPSA) is 207 Å². The van der Waals surface area contributed by atoms with E-state index in [-0.39, 0.29) is 51.9 Å². The van der Waals surface area contributed by atoms with Crippen molar-refractivity contribution in [3.8, 4) is 0 Å². The fourth-order valence-electron chi connectivity index (χ4n) is 2.13. The third-order valence-electron chi connectivity index (χ3n) is 3.54. The maximum atomic E-state index is 11.7. The summed E-state index contributed by atoms with van der Waals surface area (Å²) in [5.41, 5.74) is 0. The number of ether oxygens (including phenoxy) is 4. The largest absolute Gasteiger partial charge is 0.480 e. The van der Waals surface area contributed by atoms with E-state index in [2.05, 4.69) is 10.6 Å². The highest BCUT2D eigenvalue weighted by atomic mass is 16.5. The predicted molar refractivity (Wildman–Crippen MR) is 105 cm³/mol. The Kier molecular flexibility index (Phi) is 17.3. The Labute approximate surface area is 184 Å². The van der Waals surface area contributed by atoms with Gasteiger partial charge in [0.05, 0.1) is 26.4 Å². The second-order valence-corrected chi connectivity index (χ2v) is 6.30. The van der Waals surface area contributed by atoms with Crippen LogP contribution in [0.1, 0.15) is 19.3 Å². The van der Waals surface area contributed by atoms with Crippen LogP contribution in [-0.2, 0) is 42.9 Å². The SMILES string of the molecule is O=C(O)COCCOCC(=O)NCCCCC(NC(=O)COCCOCC(=O)O)C(=O)O. The molecule has 14 nitrogen and oxygen atoms in total. The van der Waals surface area contributed by atoms with Gasteiger partial charge in [-0.1, -0.05) is 0 Å². The van der Waals surface area contributed by atoms with Gasteiger partial charge in [0.2, 0.25) is 11.8 Å². The Balaban J connectivity index is 3.80. The number of carbonyl (C=O) groups is 5. The minimum absolute atomic E-state index is 0.0167. The van der Waals surface area contributed by atoms with Crippen LogP contribution in [0.3, 0.4) is 0 Å². The molecular weight excluding hydrogens is 436 g/mol. The molecular formula is C18H30N2O12. The number of rotatable bonds is 21. The van der Waals surface area contributed by atoms with Crippen molar-refractivity contribution in [2.75, 3.05) is 59.4 Å². The van der Waals surface area contributed by atoms with E-state index >= 15 is 0 Å². The number of aliphatic carboxylic acids is 3. The maximum Gasteiger partial charge on any atom is 0.329 e. The average molecular weight is 466 g/mol. The van der Waals surface area contributed by atoms with Crippen LogP contribution in [0.15, 0.2) is 0 Å². The fraction of sp³-hybridized carbons (Fsp3) is 0.722. The summed E-state index contributed by atoms with van der Waals surface area (Å²) in [5.74, 6) is -4.43. The lowest BCUT2D eigenvalue weighted by Gasteiger charge is -2.14. The molecule has 0 aliphatic rings. The molecule has 32 heavy (non-hydrogen) atoms. The molecule has 0 rings (SSSR count). The lowest BCUT2D eigenvalue weighted by atomic mass is 10.1. The van der Waals surface area contributed by atoms with Crippen LogP contribution in [-0.4, -0.2) is 110 Å². The van der Waals surface area contributed by atoms with Crippen molar-refractivity contribution in [2.45, 2.75) is 25.3 Å². The van der Waals surface area contributed by atoms with Gasteiger partial charge in [0.25, 0.3) is 0 Å². The van der Waals surface area contributed by atoms with Crippen LogP contribution >= 0.6 is 0 Å². The van der Waals surface area contributed by atoms with Crippen molar-refractivity contribution in [3.63, 3.8) is 0 Å². The molecule has 184 valence electrons. The number of nitrogens with one attached hydrogen (secondary N) is 2. The van der Waals surface area contributed by atoms with Crippen LogP contribution in [0.2, 0.25) is 0 Å². The van der Waals surface area contributed by atoms with Gasteiger partial charge in [-0.2, -0.15) is 0 Å². The Morgan fingerprint density at radius 2 is 1.12 bits per heavy atom. The number of hydrogen-bond acceptors (Lipinski definition) is 9. The molecule has 0 saturated carbocycles. The third-order valence-corrected chi connectivity index (χ3v) is 3.54. The van der Waals surface area contributed by atoms with Crippen molar-refractivity contribution in [3.05, 3.63) is 0 Å². The number of amides is 2. The summed E-state index contributed by atoms with van der Waals surface area (Å²) in [5, 5.41) is 30.9. The molecule has 0 saturated heterocycles. The molecule has 5 N–H and O–H groups in total. The summed E-state index contributed by atoms with van der Waals surface area (Å²) in [6.07, 6.45) is 1.05. The molecule has 0 fully saturated rings. The van der Waals surface area contributed by atoms with Crippen molar-refractivity contribution >= 4 is 29.7 Å². The van der Waals surface area contributed by atoms with E-state index in [1.165, 1.54) is 0 Å². The first-order chi connectivity index (χ1) is 15.2. The zero-order chi connectivity index (χ0) is 24.2. The number of carbonyl (C=O) groups excluding carboxylic acids is 2. The van der Waals surface area contributed by atoms with Gasteiger partial charge in [-0.05, 0) is 19.3 Å². The van der Waals surface area contributed by atoms with Gasteiger partial charge in [0, 0.05) is 6.54 Å². The number of hydrogen-bond donors (Lipinski definition) is 5. The molecule has 0 aromatic rings. The molecule has 1 unspecified atom stereocenters. The minimum atomic E-state index is -1.20. The lowest BCUT2D eigenvalue weighted by molar-refractivity contribution is -0.144. The zero-order valence-electron chi connectivity index (χ0n) is 17.6. The fourth-order valence-corrected chi connectivity index (χ4v) is 2.13. The van der Waals surface area contributed by atoms with Crippen LogP contribution in [0.25, 0.3) is 0 Å². The number of carboxylic acid groups (broad SMARTS) is 3. The summed E-state index contributed by atoms with van der Waals surface area (Å²) in [6, 6.07) is -1.11. The normalized spacial score (nSPS) is 11.5. The van der Waals surface area contributed by atoms with Gasteiger partial charge >= 0.3 is 17.9 Å². The van der Waals surface area contributed by atoms with Crippen molar-refractivity contribution in [1.82, 2.24) is 10.6 Å². The smallest absolute Gasteiger partial charge is 0.329 e. The monoisotopic (exact) mass is 466 g/mol. The molecule has 0 aliphatic heterocycles. The van der Waals surface area contributed by atoms with Gasteiger partial charge in [0.15, 0.2) is 0 Å². The van der Waals surface area contributed by atoms with E-state index in [4.69, 9.17) is 29.2 Å². The second-order valence-electron chi connectivity index (χ2n) is 6.30. The molecule has 0 aromatic carbocycles. The van der Waals surface area contributed by atoms with E-state index in [1.807, 2.05) is 0 Å². The Morgan fingerprint density at radius 1 is 0.656 bits per heavy atom. The van der Waals surface area contributed by atoms with E-state index in [0.717, 1.165) is 0 Å². The number of carboxylic acids is 3. The summed E-state index contributed by atoms with van der Waals surface area (Å²) < 4.78 is 19.4. The molecule has 2 amide bonds. The standard InChI is InChI=1S/C18H30N2O12/c21-14(9-29-5-7-31-11-16(23)24)19-4-2-1-3-13(18(27)28)20-15(22)10-30-6-8-32-12-17(25)26/h13H,1-12H2,(H,19,21)(H,20,22)(H,23,24)(H,25,26)(H,27,28). The molecule has 14 heteroatoms. The van der Waals surface area contributed by atoms with Gasteiger partial charge in [-0.3, -0.25) is 9.59 Å². The minimum Gasteiger partial charge on any atom is -0.480 e. The van der Waals surface area contributed by atoms with Gasteiger partial charge in [-0.25, -0.2) is 14.4 Å². The van der Waals surface area contributed by atoms with E-state index < -0.39 is 49.7 Å². The summed E-state index contributed by atoms with van der Waals surface area (Å²) in [6.45, 7) is -1.15. The third kappa shape index (κ3) is 19.2. The van der Waals surface area contributed by atoms with Crippen molar-refractivity contribution in [1.29, 1.82) is 0 Å². The van der Waals surface area contributed by atoms with E-state index in [1.54, 1.807) is 0 Å². The summed E-state index contributed by atoms with van der Waals surface area (Å²) in [7, 11) is 0. The van der Waals surface area contributed by atoms with E-state index in [9.17, 15) is 29.1 Å². The first kappa shape index (κ1) is 29.2. The quantitative estimate of drug-likeness (QED) is 0.117. The van der Waals surface area contributed by atoms with Crippen LogP contribution < -0.4 is 10.6 Å². The van der Waals surface area contributed by atoms with Crippen LogP contribution in [0.4, 0.5) is 0 Å². The Bertz CT molecular complexity index is 599. The maximum absolute atomic E-state index is 11.7. The second kappa shape index (κ2) is 18.9. The first-order valence-electron chi connectivity index (χ1n) is 9.75. The lowest BCUT2D eigenvalue weighted by Crippen LogP contribution is -2.42. The Morgan fingerprint density at radius 3 is 1.59 bits per heavy atom. The van der Waals surface area contributed by atoms with E-state index in [0.29, 0.717) is 12.8 Å².